The van der Waals surface area contributed by atoms with Crippen LogP contribution in [0.5, 0.6) is 0 Å². The quantitative estimate of drug-likeness (QED) is 0.406. The lowest BCUT2D eigenvalue weighted by Gasteiger charge is -2.01. The SMILES string of the molecule is Clc1ccc(N=c2scc(-c3ccco3)n2N=Cc2cccnc2)cc1Cl. The molecule has 0 fully saturated rings. The van der Waals surface area contributed by atoms with Crippen molar-refractivity contribution in [1.29, 1.82) is 0 Å². The van der Waals surface area contributed by atoms with Crippen LogP contribution in [0, 0.1) is 0 Å². The predicted molar refractivity (Wildman–Crippen MR) is 109 cm³/mol. The van der Waals surface area contributed by atoms with Gasteiger partial charge < -0.3 is 4.42 Å². The molecule has 1 aromatic carbocycles. The number of halogens is 2. The summed E-state index contributed by atoms with van der Waals surface area (Å²) < 4.78 is 7.25. The largest absolute Gasteiger partial charge is 0.463 e. The first-order chi connectivity index (χ1) is 13.2. The minimum Gasteiger partial charge on any atom is -0.463 e. The first-order valence-electron chi connectivity index (χ1n) is 7.89. The van der Waals surface area contributed by atoms with Crippen LogP contribution in [-0.2, 0) is 0 Å². The first-order valence-corrected chi connectivity index (χ1v) is 9.53. The molecule has 0 aliphatic heterocycles. The molecule has 4 rings (SSSR count). The Morgan fingerprint density at radius 1 is 1.11 bits per heavy atom. The van der Waals surface area contributed by atoms with Gasteiger partial charge in [0.1, 0.15) is 5.69 Å². The molecule has 0 N–H and O–H groups in total. The van der Waals surface area contributed by atoms with Gasteiger partial charge in [-0.3, -0.25) is 4.98 Å². The highest BCUT2D eigenvalue weighted by atomic mass is 35.5. The van der Waals surface area contributed by atoms with Crippen LogP contribution in [0.2, 0.25) is 10.0 Å². The van der Waals surface area contributed by atoms with Gasteiger partial charge in [-0.25, -0.2) is 9.67 Å². The van der Waals surface area contributed by atoms with E-state index in [9.17, 15) is 0 Å². The molecule has 3 aromatic heterocycles. The predicted octanol–water partition coefficient (Wildman–Crippen LogP) is 5.63. The number of furan rings is 1. The van der Waals surface area contributed by atoms with Gasteiger partial charge in [-0.2, -0.15) is 5.10 Å². The van der Waals surface area contributed by atoms with E-state index in [-0.39, 0.29) is 0 Å². The zero-order valence-corrected chi connectivity index (χ0v) is 16.1. The smallest absolute Gasteiger partial charge is 0.211 e. The molecular weight excluding hydrogens is 403 g/mol. The number of thiazole rings is 1. The number of benzene rings is 1. The lowest BCUT2D eigenvalue weighted by molar-refractivity contribution is 0.575. The maximum Gasteiger partial charge on any atom is 0.211 e. The Labute approximate surface area is 168 Å². The van der Waals surface area contributed by atoms with Gasteiger partial charge in [0.25, 0.3) is 0 Å². The number of hydrogen-bond acceptors (Lipinski definition) is 5. The topological polar surface area (TPSA) is 55.7 Å². The van der Waals surface area contributed by atoms with Crippen molar-refractivity contribution in [1.82, 2.24) is 9.66 Å². The van der Waals surface area contributed by atoms with Gasteiger partial charge in [0.05, 0.1) is 28.2 Å². The molecule has 0 amide bonds. The van der Waals surface area contributed by atoms with E-state index < -0.39 is 0 Å². The summed E-state index contributed by atoms with van der Waals surface area (Å²) in [6.45, 7) is 0. The van der Waals surface area contributed by atoms with Crippen LogP contribution in [0.1, 0.15) is 5.56 Å². The minimum absolute atomic E-state index is 0.450. The molecule has 0 atom stereocenters. The van der Waals surface area contributed by atoms with Crippen molar-refractivity contribution < 1.29 is 4.42 Å². The van der Waals surface area contributed by atoms with E-state index in [4.69, 9.17) is 27.6 Å². The van der Waals surface area contributed by atoms with Crippen molar-refractivity contribution in [2.45, 2.75) is 0 Å². The number of rotatable bonds is 4. The number of nitrogens with zero attached hydrogens (tertiary/aromatic N) is 4. The molecule has 134 valence electrons. The third-order valence-electron chi connectivity index (χ3n) is 3.59. The Hall–Kier alpha value is -2.67. The number of pyridine rings is 1. The highest BCUT2D eigenvalue weighted by molar-refractivity contribution is 7.07. The van der Waals surface area contributed by atoms with Crippen LogP contribution in [-0.4, -0.2) is 15.9 Å². The van der Waals surface area contributed by atoms with E-state index in [1.807, 2.05) is 29.6 Å². The Morgan fingerprint density at radius 2 is 2.04 bits per heavy atom. The van der Waals surface area contributed by atoms with Crippen molar-refractivity contribution >= 4 is 46.4 Å². The number of hydrogen-bond donors (Lipinski definition) is 0. The average Bonchev–Trinajstić information content (AvgIpc) is 3.34. The van der Waals surface area contributed by atoms with E-state index in [1.165, 1.54) is 11.3 Å². The first kappa shape index (κ1) is 17.7. The van der Waals surface area contributed by atoms with Crippen molar-refractivity contribution in [2.24, 2.45) is 10.1 Å². The van der Waals surface area contributed by atoms with Gasteiger partial charge in [0, 0.05) is 23.3 Å². The summed E-state index contributed by atoms with van der Waals surface area (Å²) in [7, 11) is 0. The number of aromatic nitrogens is 2. The highest BCUT2D eigenvalue weighted by Gasteiger charge is 2.10. The van der Waals surface area contributed by atoms with Crippen molar-refractivity contribution in [3.8, 4) is 11.5 Å². The second-order valence-electron chi connectivity index (χ2n) is 5.43. The maximum atomic E-state index is 6.10. The molecule has 0 unspecified atom stereocenters. The lowest BCUT2D eigenvalue weighted by atomic mass is 10.3. The molecule has 5 nitrogen and oxygen atoms in total. The second-order valence-corrected chi connectivity index (χ2v) is 7.08. The molecule has 0 saturated carbocycles. The Balaban J connectivity index is 1.83. The average molecular weight is 415 g/mol. The Bertz CT molecular complexity index is 1150. The molecular formula is C19H12Cl2N4OS. The molecule has 0 saturated heterocycles. The van der Waals surface area contributed by atoms with Gasteiger partial charge in [0.2, 0.25) is 4.80 Å². The summed E-state index contributed by atoms with van der Waals surface area (Å²) in [6, 6.07) is 12.7. The Kier molecular flexibility index (Phi) is 5.20. The van der Waals surface area contributed by atoms with Crippen LogP contribution in [0.4, 0.5) is 5.69 Å². The lowest BCUT2D eigenvalue weighted by Crippen LogP contribution is -2.11. The zero-order chi connectivity index (χ0) is 18.6. The van der Waals surface area contributed by atoms with Crippen LogP contribution in [0.25, 0.3) is 11.5 Å². The molecule has 27 heavy (non-hydrogen) atoms. The molecule has 0 spiro atoms. The standard InChI is InChI=1S/C19H12Cl2N4OS/c20-15-6-5-14(9-16(15)21)24-19-25(23-11-13-3-1-7-22-10-13)17(12-27-19)18-4-2-8-26-18/h1-12H. The fourth-order valence-electron chi connectivity index (χ4n) is 2.33. The third kappa shape index (κ3) is 4.03. The van der Waals surface area contributed by atoms with Gasteiger partial charge in [-0.05, 0) is 36.4 Å². The van der Waals surface area contributed by atoms with Crippen LogP contribution in [0.15, 0.2) is 81.0 Å². The van der Waals surface area contributed by atoms with E-state index in [0.717, 1.165) is 11.3 Å². The van der Waals surface area contributed by atoms with Crippen molar-refractivity contribution in [3.63, 3.8) is 0 Å². The molecule has 4 aromatic rings. The Morgan fingerprint density at radius 3 is 2.78 bits per heavy atom. The minimum atomic E-state index is 0.450. The summed E-state index contributed by atoms with van der Waals surface area (Å²) >= 11 is 13.5. The van der Waals surface area contributed by atoms with E-state index in [2.05, 4.69) is 15.1 Å². The van der Waals surface area contributed by atoms with Crippen LogP contribution >= 0.6 is 34.5 Å². The van der Waals surface area contributed by atoms with Crippen LogP contribution in [0.3, 0.4) is 0 Å². The summed E-state index contributed by atoms with van der Waals surface area (Å²) in [5.74, 6) is 0.699. The zero-order valence-electron chi connectivity index (χ0n) is 13.8. The summed E-state index contributed by atoms with van der Waals surface area (Å²) in [6.07, 6.45) is 6.80. The molecule has 0 radical (unpaired) electrons. The van der Waals surface area contributed by atoms with Crippen LogP contribution < -0.4 is 4.80 Å². The second kappa shape index (κ2) is 7.92. The molecule has 8 heteroatoms. The monoisotopic (exact) mass is 414 g/mol. The van der Waals surface area contributed by atoms with Gasteiger partial charge in [0.15, 0.2) is 5.76 Å². The maximum absolute atomic E-state index is 6.10. The van der Waals surface area contributed by atoms with Crippen molar-refractivity contribution in [2.75, 3.05) is 0 Å². The fraction of sp³-hybridized carbons (Fsp3) is 0. The molecule has 0 bridgehead atoms. The summed E-state index contributed by atoms with van der Waals surface area (Å²) in [4.78, 5) is 9.42. The van der Waals surface area contributed by atoms with Gasteiger partial charge >= 0.3 is 0 Å². The summed E-state index contributed by atoms with van der Waals surface area (Å²) in [5.41, 5.74) is 2.36. The van der Waals surface area contributed by atoms with E-state index >= 15 is 0 Å². The third-order valence-corrected chi connectivity index (χ3v) is 5.15. The normalized spacial score (nSPS) is 12.1. The van der Waals surface area contributed by atoms with Gasteiger partial charge in [-0.1, -0.05) is 29.3 Å². The van der Waals surface area contributed by atoms with Crippen molar-refractivity contribution in [3.05, 3.63) is 86.9 Å². The molecule has 0 aliphatic carbocycles. The van der Waals surface area contributed by atoms with Gasteiger partial charge in [-0.15, -0.1) is 11.3 Å². The van der Waals surface area contributed by atoms with E-state index in [1.54, 1.807) is 47.7 Å². The fourth-order valence-corrected chi connectivity index (χ4v) is 3.45. The molecule has 0 aliphatic rings. The van der Waals surface area contributed by atoms with E-state index in [0.29, 0.717) is 26.3 Å². The summed E-state index contributed by atoms with van der Waals surface area (Å²) in [5, 5.41) is 7.45. The highest BCUT2D eigenvalue weighted by Crippen LogP contribution is 2.27. The molecule has 3 heterocycles.